The van der Waals surface area contributed by atoms with Crippen molar-refractivity contribution >= 4 is 21.4 Å². The number of hydrogen-bond donors (Lipinski definition) is 0. The van der Waals surface area contributed by atoms with Crippen LogP contribution in [-0.2, 0) is 15.6 Å². The Balaban J connectivity index is 1.89. The second kappa shape index (κ2) is 5.66. The van der Waals surface area contributed by atoms with Crippen molar-refractivity contribution in [2.75, 3.05) is 0 Å². The minimum absolute atomic E-state index is 0.114. The van der Waals surface area contributed by atoms with Crippen LogP contribution in [0.25, 0.3) is 0 Å². The van der Waals surface area contributed by atoms with E-state index in [4.69, 9.17) is 11.6 Å². The van der Waals surface area contributed by atoms with E-state index >= 15 is 0 Å². The summed E-state index contributed by atoms with van der Waals surface area (Å²) in [6, 6.07) is 7.40. The Morgan fingerprint density at radius 2 is 2.00 bits per heavy atom. The monoisotopic (exact) mass is 339 g/mol. The molecule has 2 aromatic rings. The predicted molar refractivity (Wildman–Crippen MR) is 85.5 cm³/mol. The smallest absolute Gasteiger partial charge is 0.164 e. The van der Waals surface area contributed by atoms with E-state index in [9.17, 15) is 8.42 Å². The molecule has 0 unspecified atom stereocenters. The van der Waals surface area contributed by atoms with E-state index in [1.165, 1.54) is 0 Å². The Kier molecular flexibility index (Phi) is 3.99. The highest BCUT2D eigenvalue weighted by Gasteiger charge is 2.32. The van der Waals surface area contributed by atoms with Gasteiger partial charge < -0.3 is 4.57 Å². The largest absolute Gasteiger partial charge is 0.311 e. The first kappa shape index (κ1) is 15.5. The molecular formula is C15H18ClN3O2S. The zero-order valence-electron chi connectivity index (χ0n) is 12.5. The Bertz CT molecular complexity index is 797. The molecule has 0 N–H and O–H groups in total. The maximum atomic E-state index is 12.7. The fourth-order valence-electron chi connectivity index (χ4n) is 2.62. The molecule has 1 heterocycles. The zero-order valence-corrected chi connectivity index (χ0v) is 14.1. The lowest BCUT2D eigenvalue weighted by Crippen LogP contribution is -2.16. The summed E-state index contributed by atoms with van der Waals surface area (Å²) in [5.41, 5.74) is 0.623. The van der Waals surface area contributed by atoms with Crippen LogP contribution >= 0.6 is 11.6 Å². The second-order valence-corrected chi connectivity index (χ2v) is 8.46. The molecule has 0 bridgehead atoms. The number of aryl methyl sites for hydroxylation is 1. The quantitative estimate of drug-likeness (QED) is 0.838. The summed E-state index contributed by atoms with van der Waals surface area (Å²) in [7, 11) is -3.41. The molecule has 118 valence electrons. The van der Waals surface area contributed by atoms with Crippen LogP contribution in [0.5, 0.6) is 0 Å². The Hall–Kier alpha value is -1.40. The average molecular weight is 340 g/mol. The van der Waals surface area contributed by atoms with Gasteiger partial charge in [-0.25, -0.2) is 8.42 Å². The van der Waals surface area contributed by atoms with Crippen molar-refractivity contribution in [2.24, 2.45) is 0 Å². The van der Waals surface area contributed by atoms with Gasteiger partial charge in [0.05, 0.1) is 5.25 Å². The van der Waals surface area contributed by atoms with E-state index in [1.807, 2.05) is 11.5 Å². The first-order chi connectivity index (χ1) is 10.4. The van der Waals surface area contributed by atoms with Gasteiger partial charge in [-0.2, -0.15) is 0 Å². The normalized spacial score (nSPS) is 16.7. The van der Waals surface area contributed by atoms with Gasteiger partial charge in [0.15, 0.2) is 9.84 Å². The third-order valence-electron chi connectivity index (χ3n) is 4.06. The number of benzene rings is 1. The predicted octanol–water partition coefficient (Wildman–Crippen LogP) is 3.25. The summed E-state index contributed by atoms with van der Waals surface area (Å²) in [4.78, 5) is 0. The minimum atomic E-state index is -3.41. The number of nitrogens with zero attached hydrogens (tertiary/aromatic N) is 3. The third kappa shape index (κ3) is 2.90. The van der Waals surface area contributed by atoms with Crippen LogP contribution in [0.15, 0.2) is 24.3 Å². The van der Waals surface area contributed by atoms with Crippen LogP contribution in [-0.4, -0.2) is 23.2 Å². The first-order valence-electron chi connectivity index (χ1n) is 7.26. The van der Waals surface area contributed by atoms with E-state index in [1.54, 1.807) is 31.2 Å². The van der Waals surface area contributed by atoms with Gasteiger partial charge in [0.25, 0.3) is 0 Å². The van der Waals surface area contributed by atoms with Crippen molar-refractivity contribution in [3.63, 3.8) is 0 Å². The van der Waals surface area contributed by atoms with Gasteiger partial charge in [-0.15, -0.1) is 10.2 Å². The summed E-state index contributed by atoms with van der Waals surface area (Å²) >= 11 is 6.13. The summed E-state index contributed by atoms with van der Waals surface area (Å²) in [5, 5.41) is 7.89. The molecular weight excluding hydrogens is 322 g/mol. The lowest BCUT2D eigenvalue weighted by Gasteiger charge is -2.15. The molecule has 1 aliphatic rings. The molecule has 1 atom stereocenters. The summed E-state index contributed by atoms with van der Waals surface area (Å²) in [6.07, 6.45) is 2.12. The van der Waals surface area contributed by atoms with E-state index in [-0.39, 0.29) is 5.75 Å². The molecule has 1 aliphatic carbocycles. The highest BCUT2D eigenvalue weighted by atomic mass is 35.5. The van der Waals surface area contributed by atoms with Gasteiger partial charge in [-0.3, -0.25) is 0 Å². The molecule has 0 saturated heterocycles. The Morgan fingerprint density at radius 3 is 2.64 bits per heavy atom. The van der Waals surface area contributed by atoms with Gasteiger partial charge in [-0.05, 0) is 38.3 Å². The molecule has 3 rings (SSSR count). The molecule has 0 amide bonds. The van der Waals surface area contributed by atoms with Gasteiger partial charge in [0.1, 0.15) is 17.4 Å². The Labute approximate surface area is 135 Å². The lowest BCUT2D eigenvalue weighted by molar-refractivity contribution is 0.579. The average Bonchev–Trinajstić information content (AvgIpc) is 3.23. The van der Waals surface area contributed by atoms with E-state index in [0.29, 0.717) is 22.5 Å². The molecule has 1 aromatic carbocycles. The molecule has 0 radical (unpaired) electrons. The van der Waals surface area contributed by atoms with Gasteiger partial charge in [0, 0.05) is 11.1 Å². The zero-order chi connectivity index (χ0) is 15.9. The fourth-order valence-corrected chi connectivity index (χ4v) is 4.39. The molecule has 1 aromatic heterocycles. The summed E-state index contributed by atoms with van der Waals surface area (Å²) in [5.74, 6) is 1.19. The second-order valence-electron chi connectivity index (χ2n) is 5.74. The number of halogens is 1. The highest BCUT2D eigenvalue weighted by Crippen LogP contribution is 2.37. The minimum Gasteiger partial charge on any atom is -0.311 e. The fraction of sp³-hybridized carbons (Fsp3) is 0.467. The number of hydrogen-bond acceptors (Lipinski definition) is 4. The molecule has 0 spiro atoms. The van der Waals surface area contributed by atoms with Crippen LogP contribution in [0.2, 0.25) is 5.02 Å². The first-order valence-corrected chi connectivity index (χ1v) is 9.36. The van der Waals surface area contributed by atoms with Crippen LogP contribution in [0.4, 0.5) is 0 Å². The Morgan fingerprint density at radius 1 is 1.32 bits per heavy atom. The maximum Gasteiger partial charge on any atom is 0.164 e. The molecule has 1 saturated carbocycles. The van der Waals surface area contributed by atoms with Crippen molar-refractivity contribution in [3.8, 4) is 0 Å². The topological polar surface area (TPSA) is 64.8 Å². The highest BCUT2D eigenvalue weighted by molar-refractivity contribution is 7.90. The van der Waals surface area contributed by atoms with Crippen molar-refractivity contribution in [1.82, 2.24) is 14.8 Å². The standard InChI is InChI=1S/C15H18ClN3O2S/c1-10(13-5-3-4-6-14(13)16)22(20,21)9-15-18-17-11(2)19(15)12-7-8-12/h3-6,10,12H,7-9H2,1-2H3/t10-/m0/s1. The molecule has 7 heteroatoms. The molecule has 0 aliphatic heterocycles. The third-order valence-corrected chi connectivity index (χ3v) is 6.40. The maximum absolute atomic E-state index is 12.7. The van der Waals surface area contributed by atoms with Crippen LogP contribution in [0.1, 0.15) is 48.3 Å². The van der Waals surface area contributed by atoms with E-state index in [2.05, 4.69) is 10.2 Å². The van der Waals surface area contributed by atoms with E-state index in [0.717, 1.165) is 18.7 Å². The SMILES string of the molecule is Cc1nnc(CS(=O)(=O)[C@@H](C)c2ccccc2Cl)n1C1CC1. The lowest BCUT2D eigenvalue weighted by atomic mass is 10.2. The van der Waals surface area contributed by atoms with Crippen molar-refractivity contribution in [2.45, 2.75) is 43.7 Å². The van der Waals surface area contributed by atoms with Gasteiger partial charge in [-0.1, -0.05) is 29.8 Å². The summed E-state index contributed by atoms with van der Waals surface area (Å²) in [6.45, 7) is 3.53. The van der Waals surface area contributed by atoms with Crippen LogP contribution in [0.3, 0.4) is 0 Å². The van der Waals surface area contributed by atoms with Crippen LogP contribution in [0, 0.1) is 6.92 Å². The number of aromatic nitrogens is 3. The number of rotatable bonds is 5. The number of sulfone groups is 1. The van der Waals surface area contributed by atoms with Crippen LogP contribution < -0.4 is 0 Å². The molecule has 1 fully saturated rings. The van der Waals surface area contributed by atoms with Crippen molar-refractivity contribution < 1.29 is 8.42 Å². The van der Waals surface area contributed by atoms with E-state index < -0.39 is 15.1 Å². The van der Waals surface area contributed by atoms with Gasteiger partial charge in [0.2, 0.25) is 0 Å². The summed E-state index contributed by atoms with van der Waals surface area (Å²) < 4.78 is 27.4. The van der Waals surface area contributed by atoms with Gasteiger partial charge >= 0.3 is 0 Å². The molecule has 22 heavy (non-hydrogen) atoms. The van der Waals surface area contributed by atoms with Crippen molar-refractivity contribution in [3.05, 3.63) is 46.5 Å². The molecule has 5 nitrogen and oxygen atoms in total. The van der Waals surface area contributed by atoms with Crippen molar-refractivity contribution in [1.29, 1.82) is 0 Å².